The molecule has 1 heterocycles. The molecule has 4 heteroatoms. The molecule has 1 atom stereocenters. The first-order valence-corrected chi connectivity index (χ1v) is 8.07. The number of para-hydroxylation sites is 1. The highest BCUT2D eigenvalue weighted by molar-refractivity contribution is 7.43. The number of fused-ring (bicyclic) bond motifs is 1. The minimum absolute atomic E-state index is 0.00387. The van der Waals surface area contributed by atoms with E-state index in [0.29, 0.717) is 0 Å². The lowest BCUT2D eigenvalue weighted by Gasteiger charge is -2.20. The van der Waals surface area contributed by atoms with Crippen molar-refractivity contribution >= 4 is 8.60 Å². The lowest BCUT2D eigenvalue weighted by atomic mass is 9.86. The molecule has 1 aliphatic rings. The van der Waals surface area contributed by atoms with Crippen molar-refractivity contribution in [3.63, 3.8) is 0 Å². The van der Waals surface area contributed by atoms with Gasteiger partial charge in [-0.15, -0.1) is 0 Å². The Morgan fingerprint density at radius 1 is 0.952 bits per heavy atom. The summed E-state index contributed by atoms with van der Waals surface area (Å²) in [6.45, 7) is 8.53. The number of aryl methyl sites for hydroxylation is 1. The Morgan fingerprint density at radius 2 is 1.67 bits per heavy atom. The smallest absolute Gasteiger partial charge is 0.409 e. The molecule has 1 aliphatic heterocycles. The van der Waals surface area contributed by atoms with Crippen LogP contribution in [0.25, 0.3) is 0 Å². The van der Waals surface area contributed by atoms with E-state index in [-0.39, 0.29) is 5.41 Å². The van der Waals surface area contributed by atoms with Gasteiger partial charge in [0.15, 0.2) is 11.5 Å². The van der Waals surface area contributed by atoms with E-state index >= 15 is 0 Å². The van der Waals surface area contributed by atoms with Crippen LogP contribution < -0.4 is 13.6 Å². The van der Waals surface area contributed by atoms with Gasteiger partial charge in [-0.25, -0.2) is 0 Å². The minimum Gasteiger partial charge on any atom is -0.409 e. The standard InChI is InChI=1S/C17H19O3P/c1-12-8-10-13(11-9-12)18-21-19-15-7-5-6-14(16(15)20-21)17(2,3)4/h5-11H,1-4H3. The van der Waals surface area contributed by atoms with E-state index in [9.17, 15) is 0 Å². The van der Waals surface area contributed by atoms with Gasteiger partial charge < -0.3 is 13.6 Å². The monoisotopic (exact) mass is 302 g/mol. The number of hydrogen-bond acceptors (Lipinski definition) is 3. The molecule has 3 rings (SSSR count). The van der Waals surface area contributed by atoms with Gasteiger partial charge in [-0.2, -0.15) is 0 Å². The van der Waals surface area contributed by atoms with Crippen LogP contribution >= 0.6 is 8.60 Å². The Kier molecular flexibility index (Phi) is 3.54. The summed E-state index contributed by atoms with van der Waals surface area (Å²) in [5.74, 6) is 2.33. The zero-order valence-electron chi connectivity index (χ0n) is 12.7. The second-order valence-electron chi connectivity index (χ2n) is 6.19. The SMILES string of the molecule is Cc1ccc(OP2Oc3cccc(C(C)(C)C)c3O2)cc1. The second-order valence-corrected chi connectivity index (χ2v) is 7.19. The van der Waals surface area contributed by atoms with E-state index in [1.54, 1.807) is 0 Å². The maximum absolute atomic E-state index is 5.92. The molecule has 0 radical (unpaired) electrons. The quantitative estimate of drug-likeness (QED) is 0.698. The Bertz CT molecular complexity index is 644. The fraction of sp³-hybridized carbons (Fsp3) is 0.294. The Labute approximate surface area is 126 Å². The number of hydrogen-bond donors (Lipinski definition) is 0. The van der Waals surface area contributed by atoms with Crippen molar-refractivity contribution in [1.29, 1.82) is 0 Å². The lowest BCUT2D eigenvalue weighted by Crippen LogP contribution is -2.11. The predicted molar refractivity (Wildman–Crippen MR) is 85.1 cm³/mol. The Hall–Kier alpha value is -1.73. The van der Waals surface area contributed by atoms with Crippen molar-refractivity contribution in [3.8, 4) is 17.2 Å². The van der Waals surface area contributed by atoms with Gasteiger partial charge in [-0.05, 0) is 30.5 Å². The molecule has 0 aliphatic carbocycles. The predicted octanol–water partition coefficient (Wildman–Crippen LogP) is 5.37. The fourth-order valence-electron chi connectivity index (χ4n) is 2.17. The van der Waals surface area contributed by atoms with Gasteiger partial charge in [0.1, 0.15) is 5.75 Å². The number of rotatable bonds is 2. The van der Waals surface area contributed by atoms with E-state index in [1.165, 1.54) is 5.56 Å². The highest BCUT2D eigenvalue weighted by atomic mass is 31.2. The average Bonchev–Trinajstić information content (AvgIpc) is 2.82. The molecule has 1 unspecified atom stereocenters. The summed E-state index contributed by atoms with van der Waals surface area (Å²) in [5.41, 5.74) is 2.34. The summed E-state index contributed by atoms with van der Waals surface area (Å²) < 4.78 is 17.5. The molecular weight excluding hydrogens is 283 g/mol. The maximum Gasteiger partial charge on any atom is 0.530 e. The summed E-state index contributed by atoms with van der Waals surface area (Å²) in [6, 6.07) is 13.9. The van der Waals surface area contributed by atoms with Gasteiger partial charge in [-0.3, -0.25) is 0 Å². The Balaban J connectivity index is 1.80. The molecule has 0 saturated heterocycles. The summed E-state index contributed by atoms with van der Waals surface area (Å²) in [6.07, 6.45) is 0. The van der Waals surface area contributed by atoms with E-state index < -0.39 is 8.60 Å². The molecule has 0 saturated carbocycles. The first kappa shape index (κ1) is 14.2. The van der Waals surface area contributed by atoms with E-state index in [0.717, 1.165) is 22.8 Å². The summed E-state index contributed by atoms with van der Waals surface area (Å²) in [7, 11) is -1.42. The first-order chi connectivity index (χ1) is 9.93. The maximum atomic E-state index is 5.92. The summed E-state index contributed by atoms with van der Waals surface area (Å²) >= 11 is 0. The van der Waals surface area contributed by atoms with Crippen LogP contribution in [0.2, 0.25) is 0 Å². The van der Waals surface area contributed by atoms with Gasteiger partial charge in [-0.1, -0.05) is 50.6 Å². The lowest BCUT2D eigenvalue weighted by molar-refractivity contribution is 0.431. The molecule has 0 fully saturated rings. The van der Waals surface area contributed by atoms with Gasteiger partial charge >= 0.3 is 8.60 Å². The van der Waals surface area contributed by atoms with Gasteiger partial charge in [0.25, 0.3) is 0 Å². The van der Waals surface area contributed by atoms with Crippen molar-refractivity contribution in [1.82, 2.24) is 0 Å². The van der Waals surface area contributed by atoms with Crippen molar-refractivity contribution < 1.29 is 13.6 Å². The van der Waals surface area contributed by atoms with Crippen molar-refractivity contribution in [2.24, 2.45) is 0 Å². The van der Waals surface area contributed by atoms with Crippen LogP contribution in [0.1, 0.15) is 31.9 Å². The molecule has 0 N–H and O–H groups in total. The minimum atomic E-state index is -1.42. The van der Waals surface area contributed by atoms with Gasteiger partial charge in [0, 0.05) is 5.56 Å². The van der Waals surface area contributed by atoms with Crippen LogP contribution in [0.15, 0.2) is 42.5 Å². The van der Waals surface area contributed by atoms with Crippen molar-refractivity contribution in [2.45, 2.75) is 33.1 Å². The van der Waals surface area contributed by atoms with E-state index in [2.05, 4.69) is 26.8 Å². The molecule has 2 aromatic rings. The van der Waals surface area contributed by atoms with Crippen LogP contribution in [-0.4, -0.2) is 0 Å². The third kappa shape index (κ3) is 2.98. The van der Waals surface area contributed by atoms with Gasteiger partial charge in [0.2, 0.25) is 0 Å². The Morgan fingerprint density at radius 3 is 2.33 bits per heavy atom. The molecule has 110 valence electrons. The summed E-state index contributed by atoms with van der Waals surface area (Å²) in [5, 5.41) is 0. The zero-order valence-corrected chi connectivity index (χ0v) is 13.6. The third-order valence-electron chi connectivity index (χ3n) is 3.33. The largest absolute Gasteiger partial charge is 0.530 e. The third-order valence-corrected chi connectivity index (χ3v) is 4.36. The molecule has 2 aromatic carbocycles. The van der Waals surface area contributed by atoms with Gasteiger partial charge in [0.05, 0.1) is 0 Å². The molecular formula is C17H19O3P. The highest BCUT2D eigenvalue weighted by Gasteiger charge is 2.34. The molecule has 0 spiro atoms. The number of benzene rings is 2. The van der Waals surface area contributed by atoms with E-state index in [4.69, 9.17) is 13.6 Å². The van der Waals surface area contributed by atoms with Crippen LogP contribution in [-0.2, 0) is 5.41 Å². The van der Waals surface area contributed by atoms with Crippen molar-refractivity contribution in [2.75, 3.05) is 0 Å². The first-order valence-electron chi connectivity index (χ1n) is 6.98. The van der Waals surface area contributed by atoms with Crippen LogP contribution in [0.4, 0.5) is 0 Å². The molecule has 3 nitrogen and oxygen atoms in total. The topological polar surface area (TPSA) is 27.7 Å². The highest BCUT2D eigenvalue weighted by Crippen LogP contribution is 2.55. The molecule has 0 amide bonds. The molecule has 0 aromatic heterocycles. The average molecular weight is 302 g/mol. The molecule has 0 bridgehead atoms. The normalized spacial score (nSPS) is 16.9. The van der Waals surface area contributed by atoms with E-state index in [1.807, 2.05) is 43.3 Å². The van der Waals surface area contributed by atoms with Crippen LogP contribution in [0.3, 0.4) is 0 Å². The fourth-order valence-corrected chi connectivity index (χ4v) is 3.22. The summed E-state index contributed by atoms with van der Waals surface area (Å²) in [4.78, 5) is 0. The molecule has 21 heavy (non-hydrogen) atoms. The van der Waals surface area contributed by atoms with Crippen molar-refractivity contribution in [3.05, 3.63) is 53.6 Å². The second kappa shape index (κ2) is 5.23. The zero-order chi connectivity index (χ0) is 15.0. The van der Waals surface area contributed by atoms with Crippen LogP contribution in [0.5, 0.6) is 17.2 Å². The van der Waals surface area contributed by atoms with Crippen LogP contribution in [0, 0.1) is 6.92 Å².